The number of carbonyl (C=O) groups excluding carboxylic acids is 1. The summed E-state index contributed by atoms with van der Waals surface area (Å²) in [4.78, 5) is 12.9. The number of carbonyl (C=O) groups is 1. The molecule has 1 amide bonds. The van der Waals surface area contributed by atoms with Gasteiger partial charge in [-0.25, -0.2) is 4.79 Å². The highest BCUT2D eigenvalue weighted by Gasteiger charge is 2.28. The molecule has 0 atom stereocenters. The fraction of sp³-hybridized carbons (Fsp3) is 0.417. The van der Waals surface area contributed by atoms with Gasteiger partial charge in [-0.1, -0.05) is 22.0 Å². The molecule has 19 heavy (non-hydrogen) atoms. The summed E-state index contributed by atoms with van der Waals surface area (Å²) in [5.74, 6) is 0. The van der Waals surface area contributed by atoms with Crippen LogP contribution in [0.1, 0.15) is 20.8 Å². The lowest BCUT2D eigenvalue weighted by atomic mass is 10.1. The molecule has 5 nitrogen and oxygen atoms in total. The second-order valence-electron chi connectivity index (χ2n) is 4.99. The highest BCUT2D eigenvalue weighted by Crippen LogP contribution is 2.20. The molecule has 0 unspecified atom stereocenters. The predicted molar refractivity (Wildman–Crippen MR) is 75.3 cm³/mol. The highest BCUT2D eigenvalue weighted by molar-refractivity contribution is 9.10. The summed E-state index contributed by atoms with van der Waals surface area (Å²) in [6.45, 7) is 5.33. The van der Waals surface area contributed by atoms with Gasteiger partial charge in [0.1, 0.15) is 4.90 Å². The number of amides is 1. The average molecular weight is 350 g/mol. The van der Waals surface area contributed by atoms with E-state index in [2.05, 4.69) is 20.1 Å². The summed E-state index contributed by atoms with van der Waals surface area (Å²) in [5.41, 5.74) is -0.524. The minimum absolute atomic E-state index is 0.0717. The molecule has 0 N–H and O–H groups in total. The maximum absolute atomic E-state index is 11.9. The van der Waals surface area contributed by atoms with Crippen molar-refractivity contribution in [1.29, 1.82) is 0 Å². The molecule has 0 saturated carbocycles. The molecule has 0 bridgehead atoms. The molecule has 0 saturated heterocycles. The van der Waals surface area contributed by atoms with Crippen LogP contribution in [0.3, 0.4) is 0 Å². The highest BCUT2D eigenvalue weighted by atomic mass is 79.9. The van der Waals surface area contributed by atoms with Gasteiger partial charge in [0, 0.05) is 17.1 Å². The first-order valence-electron chi connectivity index (χ1n) is 5.52. The van der Waals surface area contributed by atoms with Crippen LogP contribution >= 0.6 is 15.9 Å². The lowest BCUT2D eigenvalue weighted by Crippen LogP contribution is -2.43. The third kappa shape index (κ3) is 4.21. The second-order valence-corrected chi connectivity index (χ2v) is 7.45. The molecule has 0 aliphatic heterocycles. The van der Waals surface area contributed by atoms with Gasteiger partial charge < -0.3 is 9.08 Å². The molecule has 0 aromatic heterocycles. The molecule has 1 aromatic rings. The van der Waals surface area contributed by atoms with Gasteiger partial charge in [-0.15, -0.1) is 0 Å². The molecule has 0 radical (unpaired) electrons. The number of hydrogen-bond donors (Lipinski definition) is 0. The van der Waals surface area contributed by atoms with E-state index in [9.17, 15) is 13.2 Å². The molecule has 7 heteroatoms. The van der Waals surface area contributed by atoms with Crippen LogP contribution in [0.5, 0.6) is 0 Å². The zero-order valence-corrected chi connectivity index (χ0v) is 13.6. The monoisotopic (exact) mass is 349 g/mol. The van der Waals surface area contributed by atoms with Gasteiger partial charge in [0.05, 0.1) is 0 Å². The largest absolute Gasteiger partial charge is 0.425 e. The topological polar surface area (TPSA) is 63.7 Å². The molecule has 1 aromatic carbocycles. The predicted octanol–water partition coefficient (Wildman–Crippen LogP) is 3.00. The van der Waals surface area contributed by atoms with Gasteiger partial charge in [0.25, 0.3) is 0 Å². The molecule has 0 fully saturated rings. The van der Waals surface area contributed by atoms with E-state index < -0.39 is 21.8 Å². The van der Waals surface area contributed by atoms with Crippen LogP contribution < -0.4 is 0 Å². The summed E-state index contributed by atoms with van der Waals surface area (Å²) in [5, 5.41) is 0. The van der Waals surface area contributed by atoms with E-state index in [1.54, 1.807) is 32.9 Å². The van der Waals surface area contributed by atoms with Gasteiger partial charge in [-0.05, 0) is 39.0 Å². The number of halogens is 1. The van der Waals surface area contributed by atoms with Gasteiger partial charge >= 0.3 is 16.2 Å². The van der Waals surface area contributed by atoms with Crippen molar-refractivity contribution in [3.05, 3.63) is 28.7 Å². The Hall–Kier alpha value is -1.08. The summed E-state index contributed by atoms with van der Waals surface area (Å²) >= 11 is 3.17. The van der Waals surface area contributed by atoms with Gasteiger partial charge in [-0.3, -0.25) is 0 Å². The Morgan fingerprint density at radius 3 is 2.37 bits per heavy atom. The van der Waals surface area contributed by atoms with Crippen molar-refractivity contribution in [3.8, 4) is 0 Å². The van der Waals surface area contributed by atoms with Crippen LogP contribution in [0.2, 0.25) is 0 Å². The first kappa shape index (κ1) is 16.0. The van der Waals surface area contributed by atoms with Crippen LogP contribution in [0.15, 0.2) is 33.6 Å². The summed E-state index contributed by atoms with van der Waals surface area (Å²) in [7, 11) is -2.62. The molecule has 106 valence electrons. The van der Waals surface area contributed by atoms with E-state index in [4.69, 9.17) is 0 Å². The Bertz CT molecular complexity index is 578. The van der Waals surface area contributed by atoms with Crippen molar-refractivity contribution >= 4 is 32.1 Å². The quantitative estimate of drug-likeness (QED) is 0.770. The summed E-state index contributed by atoms with van der Waals surface area (Å²) in [6.07, 6.45) is -0.910. The lowest BCUT2D eigenvalue weighted by molar-refractivity contribution is 0.126. The Morgan fingerprint density at radius 2 is 1.89 bits per heavy atom. The normalized spacial score (nSPS) is 12.1. The summed E-state index contributed by atoms with van der Waals surface area (Å²) < 4.78 is 29.1. The van der Waals surface area contributed by atoms with Gasteiger partial charge in [0.2, 0.25) is 0 Å². The lowest BCUT2D eigenvalue weighted by Gasteiger charge is -2.30. The SMILES string of the molecule is CN(C(=O)OS(=O)(=O)c1cccc(Br)c1)C(C)(C)C. The Morgan fingerprint density at radius 1 is 1.32 bits per heavy atom. The molecular weight excluding hydrogens is 334 g/mol. The third-order valence-electron chi connectivity index (χ3n) is 2.55. The van der Waals surface area contributed by atoms with Crippen LogP contribution in [0, 0.1) is 0 Å². The Kier molecular flexibility index (Phi) is 4.63. The zero-order valence-electron chi connectivity index (χ0n) is 11.2. The minimum atomic E-state index is -4.11. The fourth-order valence-electron chi connectivity index (χ4n) is 1.09. The van der Waals surface area contributed by atoms with E-state index >= 15 is 0 Å². The van der Waals surface area contributed by atoms with E-state index in [0.717, 1.165) is 0 Å². The zero-order chi connectivity index (χ0) is 14.8. The molecule has 0 spiro atoms. The van der Waals surface area contributed by atoms with Crippen molar-refractivity contribution < 1.29 is 17.4 Å². The molecular formula is C12H16BrNO4S. The maximum atomic E-state index is 11.9. The van der Waals surface area contributed by atoms with Gasteiger partial charge in [0.15, 0.2) is 0 Å². The maximum Gasteiger partial charge on any atom is 0.425 e. The first-order chi connectivity index (χ1) is 8.54. The van der Waals surface area contributed by atoms with Crippen molar-refractivity contribution in [2.24, 2.45) is 0 Å². The minimum Gasteiger partial charge on any atom is -0.324 e. The van der Waals surface area contributed by atoms with Crippen LogP contribution in [0.25, 0.3) is 0 Å². The smallest absolute Gasteiger partial charge is 0.324 e. The summed E-state index contributed by atoms with van der Waals surface area (Å²) in [6, 6.07) is 5.98. The van der Waals surface area contributed by atoms with E-state index in [1.807, 2.05) is 0 Å². The van der Waals surface area contributed by atoms with Crippen molar-refractivity contribution in [1.82, 2.24) is 4.90 Å². The standard InChI is InChI=1S/C12H16BrNO4S/c1-12(2,3)14(4)11(15)18-19(16,17)10-7-5-6-9(13)8-10/h5-8H,1-4H3. The first-order valence-corrected chi connectivity index (χ1v) is 7.72. The molecule has 0 aliphatic carbocycles. The number of rotatable bonds is 2. The number of nitrogens with zero attached hydrogens (tertiary/aromatic N) is 1. The van der Waals surface area contributed by atoms with Crippen LogP contribution in [0.4, 0.5) is 4.79 Å². The van der Waals surface area contributed by atoms with E-state index in [0.29, 0.717) is 4.47 Å². The van der Waals surface area contributed by atoms with E-state index in [1.165, 1.54) is 24.1 Å². The Balaban J connectivity index is 2.96. The van der Waals surface area contributed by atoms with Crippen molar-refractivity contribution in [2.75, 3.05) is 7.05 Å². The molecule has 0 heterocycles. The average Bonchev–Trinajstić information content (AvgIpc) is 2.26. The molecule has 1 rings (SSSR count). The van der Waals surface area contributed by atoms with Gasteiger partial charge in [-0.2, -0.15) is 8.42 Å². The number of benzene rings is 1. The molecule has 0 aliphatic rings. The van der Waals surface area contributed by atoms with E-state index in [-0.39, 0.29) is 4.90 Å². The Labute approximate surface area is 121 Å². The number of hydrogen-bond acceptors (Lipinski definition) is 4. The van der Waals surface area contributed by atoms with Crippen LogP contribution in [-0.2, 0) is 14.3 Å². The second kappa shape index (κ2) is 5.50. The van der Waals surface area contributed by atoms with Crippen LogP contribution in [-0.4, -0.2) is 32.0 Å². The fourth-order valence-corrected chi connectivity index (χ4v) is 2.56. The van der Waals surface area contributed by atoms with Crippen molar-refractivity contribution in [2.45, 2.75) is 31.2 Å². The van der Waals surface area contributed by atoms with Crippen molar-refractivity contribution in [3.63, 3.8) is 0 Å². The third-order valence-corrected chi connectivity index (χ3v) is 4.23.